The molecule has 1 N–H and O–H groups in total. The Kier molecular flexibility index (Phi) is 5.50. The SMILES string of the molecule is CCOc1cncc(C(CCc2cccnc2)NC)c1. The Balaban J connectivity index is 2.02. The molecule has 0 radical (unpaired) electrons. The molecule has 0 aromatic carbocycles. The summed E-state index contributed by atoms with van der Waals surface area (Å²) in [5.74, 6) is 0.826. The Hall–Kier alpha value is -1.94. The second-order valence-corrected chi connectivity index (χ2v) is 4.63. The van der Waals surface area contributed by atoms with Crippen LogP contribution in [-0.2, 0) is 6.42 Å². The van der Waals surface area contributed by atoms with Crippen molar-refractivity contribution in [2.45, 2.75) is 25.8 Å². The highest BCUT2D eigenvalue weighted by atomic mass is 16.5. The smallest absolute Gasteiger partial charge is 0.137 e. The molecule has 106 valence electrons. The van der Waals surface area contributed by atoms with E-state index in [9.17, 15) is 0 Å². The van der Waals surface area contributed by atoms with Gasteiger partial charge in [0.1, 0.15) is 5.75 Å². The van der Waals surface area contributed by atoms with Crippen molar-refractivity contribution in [3.63, 3.8) is 0 Å². The van der Waals surface area contributed by atoms with Crippen LogP contribution in [0.15, 0.2) is 43.0 Å². The standard InChI is InChI=1S/C16H21N3O/c1-3-20-15-9-14(11-19-12-15)16(17-2)7-6-13-5-4-8-18-10-13/h4-5,8-12,16-17H,3,6-7H2,1-2H3. The number of hydrogen-bond acceptors (Lipinski definition) is 4. The van der Waals surface area contributed by atoms with E-state index in [4.69, 9.17) is 4.74 Å². The summed E-state index contributed by atoms with van der Waals surface area (Å²) in [6.45, 7) is 2.63. The van der Waals surface area contributed by atoms with Crippen molar-refractivity contribution in [1.29, 1.82) is 0 Å². The van der Waals surface area contributed by atoms with E-state index in [1.54, 1.807) is 12.4 Å². The van der Waals surface area contributed by atoms with Crippen molar-refractivity contribution in [3.8, 4) is 5.75 Å². The molecule has 0 saturated carbocycles. The minimum absolute atomic E-state index is 0.267. The van der Waals surface area contributed by atoms with Gasteiger partial charge in [-0.15, -0.1) is 0 Å². The summed E-state index contributed by atoms with van der Waals surface area (Å²) < 4.78 is 5.50. The molecule has 0 aliphatic heterocycles. The molecular weight excluding hydrogens is 250 g/mol. The zero-order valence-corrected chi connectivity index (χ0v) is 12.0. The van der Waals surface area contributed by atoms with Gasteiger partial charge < -0.3 is 10.1 Å². The van der Waals surface area contributed by atoms with Crippen LogP contribution in [0.4, 0.5) is 0 Å². The van der Waals surface area contributed by atoms with Gasteiger partial charge in [-0.1, -0.05) is 6.07 Å². The molecule has 2 aromatic rings. The predicted octanol–water partition coefficient (Wildman–Crippen LogP) is 2.77. The third-order valence-electron chi connectivity index (χ3n) is 3.24. The van der Waals surface area contributed by atoms with E-state index in [1.165, 1.54) is 5.56 Å². The number of nitrogens with one attached hydrogen (secondary N) is 1. The summed E-state index contributed by atoms with van der Waals surface area (Å²) in [4.78, 5) is 8.40. The molecule has 4 heteroatoms. The lowest BCUT2D eigenvalue weighted by Crippen LogP contribution is -2.17. The molecule has 0 aliphatic carbocycles. The van der Waals surface area contributed by atoms with Crippen LogP contribution >= 0.6 is 0 Å². The highest BCUT2D eigenvalue weighted by Gasteiger charge is 2.11. The van der Waals surface area contributed by atoms with Gasteiger partial charge in [0.25, 0.3) is 0 Å². The zero-order valence-electron chi connectivity index (χ0n) is 12.0. The molecule has 1 atom stereocenters. The van der Waals surface area contributed by atoms with E-state index >= 15 is 0 Å². The predicted molar refractivity (Wildman–Crippen MR) is 79.8 cm³/mol. The van der Waals surface area contributed by atoms with Crippen molar-refractivity contribution in [3.05, 3.63) is 54.1 Å². The Morgan fingerprint density at radius 1 is 1.25 bits per heavy atom. The summed E-state index contributed by atoms with van der Waals surface area (Å²) in [5, 5.41) is 3.34. The first kappa shape index (κ1) is 14.5. The second kappa shape index (κ2) is 7.60. The first-order valence-electron chi connectivity index (χ1n) is 6.97. The van der Waals surface area contributed by atoms with Gasteiger partial charge in [-0.2, -0.15) is 0 Å². The Labute approximate surface area is 120 Å². The van der Waals surface area contributed by atoms with Gasteiger partial charge in [-0.25, -0.2) is 0 Å². The molecule has 1 unspecified atom stereocenters. The van der Waals surface area contributed by atoms with Gasteiger partial charge in [0, 0.05) is 24.6 Å². The molecule has 2 rings (SSSR count). The summed E-state index contributed by atoms with van der Waals surface area (Å²) >= 11 is 0. The molecular formula is C16H21N3O. The summed E-state index contributed by atoms with van der Waals surface area (Å²) in [6.07, 6.45) is 9.35. The third kappa shape index (κ3) is 4.03. The molecule has 20 heavy (non-hydrogen) atoms. The minimum Gasteiger partial charge on any atom is -0.492 e. The molecule has 0 aliphatic rings. The van der Waals surface area contributed by atoms with E-state index in [1.807, 2.05) is 32.4 Å². The lowest BCUT2D eigenvalue weighted by molar-refractivity contribution is 0.338. The number of nitrogens with zero attached hydrogens (tertiary/aromatic N) is 2. The van der Waals surface area contributed by atoms with Crippen LogP contribution in [-0.4, -0.2) is 23.6 Å². The molecule has 0 saturated heterocycles. The van der Waals surface area contributed by atoms with Crippen molar-refractivity contribution in [2.24, 2.45) is 0 Å². The van der Waals surface area contributed by atoms with Crippen LogP contribution in [0, 0.1) is 0 Å². The fraction of sp³-hybridized carbons (Fsp3) is 0.375. The topological polar surface area (TPSA) is 47.0 Å². The fourth-order valence-electron chi connectivity index (χ4n) is 2.21. The highest BCUT2D eigenvalue weighted by Crippen LogP contribution is 2.21. The summed E-state index contributed by atoms with van der Waals surface area (Å²) in [7, 11) is 1.97. The maximum Gasteiger partial charge on any atom is 0.137 e. The van der Waals surface area contributed by atoms with E-state index in [0.29, 0.717) is 6.61 Å². The average molecular weight is 271 g/mol. The molecule has 0 fully saturated rings. The molecule has 2 aromatic heterocycles. The minimum atomic E-state index is 0.267. The Morgan fingerprint density at radius 2 is 2.15 bits per heavy atom. The molecule has 0 bridgehead atoms. The van der Waals surface area contributed by atoms with Crippen molar-refractivity contribution >= 4 is 0 Å². The normalized spacial score (nSPS) is 12.1. The van der Waals surface area contributed by atoms with Gasteiger partial charge in [-0.05, 0) is 50.1 Å². The van der Waals surface area contributed by atoms with Crippen molar-refractivity contribution in [1.82, 2.24) is 15.3 Å². The first-order valence-corrected chi connectivity index (χ1v) is 6.97. The molecule has 2 heterocycles. The monoisotopic (exact) mass is 271 g/mol. The largest absolute Gasteiger partial charge is 0.492 e. The van der Waals surface area contributed by atoms with Crippen molar-refractivity contribution in [2.75, 3.05) is 13.7 Å². The molecule has 0 amide bonds. The number of rotatable bonds is 7. The van der Waals surface area contributed by atoms with Gasteiger partial charge in [0.2, 0.25) is 0 Å². The molecule has 4 nitrogen and oxygen atoms in total. The average Bonchev–Trinajstić information content (AvgIpc) is 2.50. The van der Waals surface area contributed by atoms with Gasteiger partial charge in [0.15, 0.2) is 0 Å². The fourth-order valence-corrected chi connectivity index (χ4v) is 2.21. The zero-order chi connectivity index (χ0) is 14.2. The maximum absolute atomic E-state index is 5.50. The van der Waals surface area contributed by atoms with E-state index in [2.05, 4.69) is 27.4 Å². The van der Waals surface area contributed by atoms with Crippen LogP contribution in [0.2, 0.25) is 0 Å². The van der Waals surface area contributed by atoms with E-state index in [0.717, 1.165) is 24.2 Å². The van der Waals surface area contributed by atoms with Crippen LogP contribution < -0.4 is 10.1 Å². The van der Waals surface area contributed by atoms with Crippen molar-refractivity contribution < 1.29 is 4.74 Å². The highest BCUT2D eigenvalue weighted by molar-refractivity contribution is 5.26. The Bertz CT molecular complexity index is 516. The lowest BCUT2D eigenvalue weighted by Gasteiger charge is -2.17. The number of pyridine rings is 2. The van der Waals surface area contributed by atoms with E-state index < -0.39 is 0 Å². The third-order valence-corrected chi connectivity index (χ3v) is 3.24. The number of ether oxygens (including phenoxy) is 1. The van der Waals surface area contributed by atoms with Crippen LogP contribution in [0.3, 0.4) is 0 Å². The van der Waals surface area contributed by atoms with E-state index in [-0.39, 0.29) is 6.04 Å². The quantitative estimate of drug-likeness (QED) is 0.841. The van der Waals surface area contributed by atoms with Crippen LogP contribution in [0.1, 0.15) is 30.5 Å². The van der Waals surface area contributed by atoms with Gasteiger partial charge >= 0.3 is 0 Å². The maximum atomic E-state index is 5.50. The number of hydrogen-bond donors (Lipinski definition) is 1. The van der Waals surface area contributed by atoms with Gasteiger partial charge in [-0.3, -0.25) is 9.97 Å². The number of aryl methyl sites for hydroxylation is 1. The summed E-state index contributed by atoms with van der Waals surface area (Å²) in [6, 6.07) is 6.40. The summed E-state index contributed by atoms with van der Waals surface area (Å²) in [5.41, 5.74) is 2.41. The van der Waals surface area contributed by atoms with Gasteiger partial charge in [0.05, 0.1) is 12.8 Å². The lowest BCUT2D eigenvalue weighted by atomic mass is 10.0. The number of aromatic nitrogens is 2. The second-order valence-electron chi connectivity index (χ2n) is 4.63. The first-order chi connectivity index (χ1) is 9.83. The Morgan fingerprint density at radius 3 is 2.85 bits per heavy atom. The van der Waals surface area contributed by atoms with Crippen LogP contribution in [0.5, 0.6) is 5.75 Å². The molecule has 0 spiro atoms. The van der Waals surface area contributed by atoms with Crippen LogP contribution in [0.25, 0.3) is 0 Å².